The van der Waals surface area contributed by atoms with E-state index in [2.05, 4.69) is 14.6 Å². The van der Waals surface area contributed by atoms with Crippen LogP contribution in [0.5, 0.6) is 0 Å². The Hall–Kier alpha value is -1.27. The van der Waals surface area contributed by atoms with Crippen LogP contribution in [0.2, 0.25) is 0 Å². The second-order valence-electron chi connectivity index (χ2n) is 3.28. The number of alkyl halides is 2. The highest BCUT2D eigenvalue weighted by Gasteiger charge is 2.50. The molecule has 0 aromatic rings. The Bertz CT molecular complexity index is 362. The van der Waals surface area contributed by atoms with Crippen LogP contribution in [-0.2, 0) is 9.47 Å². The molecule has 15 heavy (non-hydrogen) atoms. The van der Waals surface area contributed by atoms with Crippen LogP contribution < -0.4 is 0 Å². The lowest BCUT2D eigenvalue weighted by atomic mass is 9.96. The van der Waals surface area contributed by atoms with Gasteiger partial charge in [0, 0.05) is 5.57 Å². The summed E-state index contributed by atoms with van der Waals surface area (Å²) in [6.45, 7) is 1.50. The second kappa shape index (κ2) is 3.39. The zero-order chi connectivity index (χ0) is 11.1. The first-order chi connectivity index (χ1) is 7.03. The number of oxime groups is 1. The van der Waals surface area contributed by atoms with Crippen molar-refractivity contribution in [3.63, 3.8) is 0 Å². The van der Waals surface area contributed by atoms with Gasteiger partial charge in [0.05, 0.1) is 5.71 Å². The number of ether oxygens (including phenoxy) is 2. The fourth-order valence-corrected chi connectivity index (χ4v) is 1.59. The zero-order valence-electron chi connectivity index (χ0n) is 7.85. The van der Waals surface area contributed by atoms with E-state index in [0.717, 1.165) is 0 Å². The molecule has 0 amide bonds. The predicted molar refractivity (Wildman–Crippen MR) is 46.8 cm³/mol. The van der Waals surface area contributed by atoms with Crippen molar-refractivity contribution in [2.24, 2.45) is 5.16 Å². The van der Waals surface area contributed by atoms with E-state index >= 15 is 0 Å². The maximum absolute atomic E-state index is 12.8. The molecule has 1 fully saturated rings. The number of fused-ring (bicyclic) bond motifs is 1. The van der Waals surface area contributed by atoms with Gasteiger partial charge in [0.1, 0.15) is 12.2 Å². The first kappa shape index (κ1) is 10.3. The molecule has 2 aliphatic rings. The molecule has 6 heteroatoms. The number of nitrogens with zero attached hydrogens (tertiary/aromatic N) is 1. The molecule has 4 nitrogen and oxygen atoms in total. The van der Waals surface area contributed by atoms with Crippen LogP contribution in [0, 0.1) is 0 Å². The molecule has 82 valence electrons. The zero-order valence-corrected chi connectivity index (χ0v) is 7.85. The minimum Gasteiger partial charge on any atom is -0.411 e. The van der Waals surface area contributed by atoms with Gasteiger partial charge in [-0.1, -0.05) is 23.4 Å². The van der Waals surface area contributed by atoms with Gasteiger partial charge in [-0.25, -0.2) is 0 Å². The summed E-state index contributed by atoms with van der Waals surface area (Å²) in [5.74, 6) is 0. The smallest absolute Gasteiger partial charge is 0.411 e. The molecule has 0 aromatic heterocycles. The Morgan fingerprint density at radius 3 is 2.93 bits per heavy atom. The first-order valence-corrected chi connectivity index (χ1v) is 4.34. The van der Waals surface area contributed by atoms with E-state index in [0.29, 0.717) is 5.57 Å². The quantitative estimate of drug-likeness (QED) is 0.413. The van der Waals surface area contributed by atoms with Gasteiger partial charge < -0.3 is 5.21 Å². The van der Waals surface area contributed by atoms with Crippen molar-refractivity contribution in [2.75, 3.05) is 0 Å². The number of hydrogen-bond acceptors (Lipinski definition) is 4. The molecule has 2 unspecified atom stereocenters. The molecule has 1 saturated heterocycles. The molecule has 0 aromatic carbocycles. The summed E-state index contributed by atoms with van der Waals surface area (Å²) in [5.41, 5.74) is 0.623. The van der Waals surface area contributed by atoms with Crippen LogP contribution in [0.25, 0.3) is 0 Å². The van der Waals surface area contributed by atoms with Crippen molar-refractivity contribution in [2.45, 2.75) is 25.4 Å². The van der Waals surface area contributed by atoms with Crippen LogP contribution in [-0.4, -0.2) is 29.4 Å². The Labute approximate surface area is 84.5 Å². The van der Waals surface area contributed by atoms with Crippen LogP contribution in [0.1, 0.15) is 6.92 Å². The maximum atomic E-state index is 12.8. The highest BCUT2D eigenvalue weighted by molar-refractivity contribution is 5.99. The van der Waals surface area contributed by atoms with Crippen molar-refractivity contribution in [1.29, 1.82) is 0 Å². The lowest BCUT2D eigenvalue weighted by Crippen LogP contribution is -2.28. The Morgan fingerprint density at radius 1 is 1.53 bits per heavy atom. The van der Waals surface area contributed by atoms with Crippen molar-refractivity contribution in [3.05, 3.63) is 23.8 Å². The summed E-state index contributed by atoms with van der Waals surface area (Å²) in [7, 11) is 0. The van der Waals surface area contributed by atoms with E-state index in [9.17, 15) is 8.78 Å². The number of hydrogen-bond donors (Lipinski definition) is 1. The largest absolute Gasteiger partial charge is 0.486 e. The average molecular weight is 217 g/mol. The van der Waals surface area contributed by atoms with E-state index in [-0.39, 0.29) is 5.71 Å². The summed E-state index contributed by atoms with van der Waals surface area (Å²) in [6, 6.07) is 0. The molecule has 1 aliphatic heterocycles. The van der Waals surface area contributed by atoms with Gasteiger partial charge in [-0.2, -0.15) is 0 Å². The molecular weight excluding hydrogens is 208 g/mol. The summed E-state index contributed by atoms with van der Waals surface area (Å²) < 4.78 is 34.3. The fourth-order valence-electron chi connectivity index (χ4n) is 1.59. The summed E-state index contributed by atoms with van der Waals surface area (Å²) in [6.07, 6.45) is -0.743. The standard InChI is InChI=1S/C9H9F2NO3/c1-5(12-13)6-3-2-4-7-8(6)15-9(10,11)14-7/h2-4,7-8,13H,1H3/b12-5+. The van der Waals surface area contributed by atoms with E-state index in [1.54, 1.807) is 12.2 Å². The van der Waals surface area contributed by atoms with Crippen molar-refractivity contribution < 1.29 is 23.5 Å². The van der Waals surface area contributed by atoms with Gasteiger partial charge in [0.2, 0.25) is 0 Å². The normalized spacial score (nSPS) is 33.8. The van der Waals surface area contributed by atoms with E-state index < -0.39 is 18.5 Å². The highest BCUT2D eigenvalue weighted by Crippen LogP contribution is 2.37. The number of rotatable bonds is 1. The lowest BCUT2D eigenvalue weighted by molar-refractivity contribution is -0.347. The molecule has 0 spiro atoms. The SMILES string of the molecule is C/C(=N\O)C1=CC=CC2OC(F)(F)OC12. The van der Waals surface area contributed by atoms with E-state index in [4.69, 9.17) is 5.21 Å². The maximum Gasteiger partial charge on any atom is 0.486 e. The van der Waals surface area contributed by atoms with E-state index in [1.807, 2.05) is 0 Å². The molecule has 1 N–H and O–H groups in total. The molecule has 0 saturated carbocycles. The first-order valence-electron chi connectivity index (χ1n) is 4.34. The second-order valence-corrected chi connectivity index (χ2v) is 3.28. The minimum absolute atomic E-state index is 0.232. The van der Waals surface area contributed by atoms with Crippen LogP contribution in [0.3, 0.4) is 0 Å². The predicted octanol–water partition coefficient (Wildman–Crippen LogP) is 1.67. The third kappa shape index (κ3) is 1.78. The summed E-state index contributed by atoms with van der Waals surface area (Å²) in [4.78, 5) is 0. The Morgan fingerprint density at radius 2 is 2.27 bits per heavy atom. The molecule has 0 bridgehead atoms. The van der Waals surface area contributed by atoms with Gasteiger partial charge in [0.25, 0.3) is 0 Å². The molecule has 1 heterocycles. The van der Waals surface area contributed by atoms with Gasteiger partial charge in [0.15, 0.2) is 0 Å². The molecular formula is C9H9F2NO3. The van der Waals surface area contributed by atoms with Crippen molar-refractivity contribution in [1.82, 2.24) is 0 Å². The van der Waals surface area contributed by atoms with Gasteiger partial charge in [-0.05, 0) is 6.92 Å². The van der Waals surface area contributed by atoms with Crippen LogP contribution in [0.15, 0.2) is 29.0 Å². The highest BCUT2D eigenvalue weighted by atomic mass is 19.3. The Balaban J connectivity index is 2.29. The van der Waals surface area contributed by atoms with E-state index in [1.165, 1.54) is 13.0 Å². The summed E-state index contributed by atoms with van der Waals surface area (Å²) >= 11 is 0. The Kier molecular flexibility index (Phi) is 2.32. The molecule has 2 rings (SSSR count). The molecule has 1 aliphatic carbocycles. The topological polar surface area (TPSA) is 51.1 Å². The number of allylic oxidation sites excluding steroid dienone is 2. The number of halogens is 2. The third-order valence-electron chi connectivity index (χ3n) is 2.29. The molecule has 2 atom stereocenters. The van der Waals surface area contributed by atoms with Crippen molar-refractivity contribution in [3.8, 4) is 0 Å². The minimum atomic E-state index is -3.58. The van der Waals surface area contributed by atoms with Crippen LogP contribution in [0.4, 0.5) is 8.78 Å². The average Bonchev–Trinajstić information content (AvgIpc) is 2.49. The van der Waals surface area contributed by atoms with Crippen molar-refractivity contribution >= 4 is 5.71 Å². The van der Waals surface area contributed by atoms with Gasteiger partial charge >= 0.3 is 6.29 Å². The van der Waals surface area contributed by atoms with Gasteiger partial charge in [-0.15, -0.1) is 8.78 Å². The monoisotopic (exact) mass is 217 g/mol. The van der Waals surface area contributed by atoms with Crippen LogP contribution >= 0.6 is 0 Å². The fraction of sp³-hybridized carbons (Fsp3) is 0.444. The molecule has 0 radical (unpaired) electrons. The van der Waals surface area contributed by atoms with Gasteiger partial charge in [-0.3, -0.25) is 9.47 Å². The summed E-state index contributed by atoms with van der Waals surface area (Å²) in [5, 5.41) is 11.5. The third-order valence-corrected chi connectivity index (χ3v) is 2.29. The lowest BCUT2D eigenvalue weighted by Gasteiger charge is -2.18.